The number of carbonyl (C=O) groups excluding carboxylic acids is 1. The molecule has 0 atom stereocenters. The van der Waals surface area contributed by atoms with E-state index in [2.05, 4.69) is 5.32 Å². The van der Waals surface area contributed by atoms with E-state index in [0.29, 0.717) is 4.88 Å². The molecule has 1 amide bonds. The van der Waals surface area contributed by atoms with E-state index in [0.717, 1.165) is 16.5 Å². The fraction of sp³-hybridized carbons (Fsp3) is 0.143. The highest BCUT2D eigenvalue weighted by atomic mass is 32.1. The summed E-state index contributed by atoms with van der Waals surface area (Å²) < 4.78 is 13.5. The lowest BCUT2D eigenvalue weighted by atomic mass is 10.1. The monoisotopic (exact) mass is 293 g/mol. The smallest absolute Gasteiger partial charge is 0.340 e. The van der Waals surface area contributed by atoms with Crippen molar-refractivity contribution in [2.45, 2.75) is 13.8 Å². The van der Waals surface area contributed by atoms with Crippen LogP contribution in [0.5, 0.6) is 0 Å². The van der Waals surface area contributed by atoms with Gasteiger partial charge in [0.25, 0.3) is 5.91 Å². The predicted octanol–water partition coefficient (Wildman–Crippen LogP) is 3.45. The van der Waals surface area contributed by atoms with Gasteiger partial charge in [-0.1, -0.05) is 6.07 Å². The zero-order valence-electron chi connectivity index (χ0n) is 10.9. The second-order valence-corrected chi connectivity index (χ2v) is 5.53. The minimum absolute atomic E-state index is 0.0498. The van der Waals surface area contributed by atoms with Crippen LogP contribution in [0.3, 0.4) is 0 Å². The number of aromatic carboxylic acids is 1. The minimum Gasteiger partial charge on any atom is -0.478 e. The largest absolute Gasteiger partial charge is 0.478 e. The molecule has 0 radical (unpaired) electrons. The summed E-state index contributed by atoms with van der Waals surface area (Å²) in [5.74, 6) is -2.75. The van der Waals surface area contributed by atoms with Crippen molar-refractivity contribution < 1.29 is 19.1 Å². The second-order valence-electron chi connectivity index (χ2n) is 4.27. The first-order chi connectivity index (χ1) is 9.40. The molecule has 4 nitrogen and oxygen atoms in total. The molecule has 20 heavy (non-hydrogen) atoms. The van der Waals surface area contributed by atoms with Crippen molar-refractivity contribution in [2.24, 2.45) is 0 Å². The Morgan fingerprint density at radius 2 is 2.00 bits per heavy atom. The molecule has 0 saturated heterocycles. The van der Waals surface area contributed by atoms with Crippen molar-refractivity contribution in [2.75, 3.05) is 5.32 Å². The molecule has 104 valence electrons. The van der Waals surface area contributed by atoms with E-state index in [1.807, 2.05) is 13.8 Å². The molecule has 0 spiro atoms. The number of nitrogens with one attached hydrogen (secondary N) is 1. The quantitative estimate of drug-likeness (QED) is 0.910. The number of amides is 1. The average Bonchev–Trinajstić information content (AvgIpc) is 2.69. The van der Waals surface area contributed by atoms with Crippen molar-refractivity contribution in [3.8, 4) is 0 Å². The lowest BCUT2D eigenvalue weighted by Crippen LogP contribution is -2.14. The van der Waals surface area contributed by atoms with Gasteiger partial charge in [0.1, 0.15) is 11.4 Å². The maximum Gasteiger partial charge on any atom is 0.340 e. The summed E-state index contributed by atoms with van der Waals surface area (Å²) in [7, 11) is 0. The molecule has 1 aromatic heterocycles. The highest BCUT2D eigenvalue weighted by Gasteiger charge is 2.18. The lowest BCUT2D eigenvalue weighted by molar-refractivity contribution is 0.0693. The Labute approximate surface area is 118 Å². The van der Waals surface area contributed by atoms with Gasteiger partial charge in [0.05, 0.1) is 10.6 Å². The Hall–Kier alpha value is -2.21. The Bertz CT molecular complexity index is 674. The average molecular weight is 293 g/mol. The van der Waals surface area contributed by atoms with E-state index >= 15 is 0 Å². The minimum atomic E-state index is -1.42. The van der Waals surface area contributed by atoms with Crippen molar-refractivity contribution >= 4 is 28.9 Å². The first-order valence-corrected chi connectivity index (χ1v) is 6.62. The first kappa shape index (κ1) is 14.2. The molecule has 0 fully saturated rings. The van der Waals surface area contributed by atoms with Gasteiger partial charge < -0.3 is 10.4 Å². The van der Waals surface area contributed by atoms with Crippen LogP contribution in [0.4, 0.5) is 10.1 Å². The molecule has 6 heteroatoms. The Kier molecular flexibility index (Phi) is 3.85. The number of carboxylic acid groups (broad SMARTS) is 1. The van der Waals surface area contributed by atoms with Crippen LogP contribution in [0.25, 0.3) is 0 Å². The van der Waals surface area contributed by atoms with Gasteiger partial charge in [-0.2, -0.15) is 0 Å². The molecule has 0 aliphatic carbocycles. The molecular weight excluding hydrogens is 281 g/mol. The molecule has 0 bridgehead atoms. The van der Waals surface area contributed by atoms with E-state index in [4.69, 9.17) is 5.11 Å². The fourth-order valence-corrected chi connectivity index (χ4v) is 2.64. The molecule has 0 aliphatic rings. The van der Waals surface area contributed by atoms with Gasteiger partial charge >= 0.3 is 5.97 Å². The molecule has 2 N–H and O–H groups in total. The van der Waals surface area contributed by atoms with Crippen molar-refractivity contribution in [3.63, 3.8) is 0 Å². The highest BCUT2D eigenvalue weighted by Crippen LogP contribution is 2.24. The number of carboxylic acids is 1. The SMILES string of the molecule is Cc1cc(C(=O)Nc2cccc(F)c2C(=O)O)sc1C. The number of hydrogen-bond acceptors (Lipinski definition) is 3. The number of thiophene rings is 1. The first-order valence-electron chi connectivity index (χ1n) is 5.80. The van der Waals surface area contributed by atoms with Gasteiger partial charge in [-0.05, 0) is 37.6 Å². The van der Waals surface area contributed by atoms with Gasteiger partial charge in [0.15, 0.2) is 0 Å². The Morgan fingerprint density at radius 1 is 1.30 bits per heavy atom. The summed E-state index contributed by atoms with van der Waals surface area (Å²) in [6.07, 6.45) is 0. The zero-order chi connectivity index (χ0) is 14.9. The normalized spacial score (nSPS) is 10.3. The number of anilines is 1. The molecule has 0 saturated carbocycles. The van der Waals surface area contributed by atoms with E-state index < -0.39 is 23.3 Å². The van der Waals surface area contributed by atoms with Gasteiger partial charge in [-0.15, -0.1) is 11.3 Å². The number of carbonyl (C=O) groups is 2. The summed E-state index contributed by atoms with van der Waals surface area (Å²) in [5.41, 5.74) is 0.398. The topological polar surface area (TPSA) is 66.4 Å². The van der Waals surface area contributed by atoms with Gasteiger partial charge in [0, 0.05) is 4.88 Å². The number of aryl methyl sites for hydroxylation is 2. The second kappa shape index (κ2) is 5.42. The predicted molar refractivity (Wildman–Crippen MR) is 75.1 cm³/mol. The number of hydrogen-bond donors (Lipinski definition) is 2. The highest BCUT2D eigenvalue weighted by molar-refractivity contribution is 7.14. The van der Waals surface area contributed by atoms with Crippen LogP contribution in [-0.4, -0.2) is 17.0 Å². The molecule has 2 rings (SSSR count). The van der Waals surface area contributed by atoms with Crippen molar-refractivity contribution in [1.29, 1.82) is 0 Å². The van der Waals surface area contributed by atoms with Crippen LogP contribution in [0.1, 0.15) is 30.5 Å². The third-order valence-corrected chi connectivity index (χ3v) is 4.02. The van der Waals surface area contributed by atoms with E-state index in [1.165, 1.54) is 23.5 Å². The van der Waals surface area contributed by atoms with Crippen LogP contribution in [0, 0.1) is 19.7 Å². The lowest BCUT2D eigenvalue weighted by Gasteiger charge is -2.08. The van der Waals surface area contributed by atoms with Crippen LogP contribution in [0.15, 0.2) is 24.3 Å². The summed E-state index contributed by atoms with van der Waals surface area (Å²) in [6, 6.07) is 5.47. The van der Waals surface area contributed by atoms with Crippen LogP contribution >= 0.6 is 11.3 Å². The van der Waals surface area contributed by atoms with Crippen molar-refractivity contribution in [1.82, 2.24) is 0 Å². The summed E-state index contributed by atoms with van der Waals surface area (Å²) in [6.45, 7) is 3.77. The summed E-state index contributed by atoms with van der Waals surface area (Å²) >= 11 is 1.31. The van der Waals surface area contributed by atoms with E-state index in [9.17, 15) is 14.0 Å². The fourth-order valence-electron chi connectivity index (χ4n) is 1.71. The Balaban J connectivity index is 2.33. The van der Waals surface area contributed by atoms with Crippen LogP contribution in [-0.2, 0) is 0 Å². The molecule has 0 unspecified atom stereocenters. The van der Waals surface area contributed by atoms with Crippen molar-refractivity contribution in [3.05, 3.63) is 51.0 Å². The molecule has 1 heterocycles. The Morgan fingerprint density at radius 3 is 2.55 bits per heavy atom. The standard InChI is InChI=1S/C14H12FNO3S/c1-7-6-11(20-8(7)2)13(17)16-10-5-3-4-9(15)12(10)14(18)19/h3-6H,1-2H3,(H,16,17)(H,18,19). The summed E-state index contributed by atoms with van der Waals surface area (Å²) in [4.78, 5) is 24.5. The maximum absolute atomic E-state index is 13.5. The zero-order valence-corrected chi connectivity index (χ0v) is 11.7. The number of halogens is 1. The molecule has 2 aromatic rings. The van der Waals surface area contributed by atoms with E-state index in [1.54, 1.807) is 6.07 Å². The van der Waals surface area contributed by atoms with Gasteiger partial charge in [0.2, 0.25) is 0 Å². The molecule has 0 aliphatic heterocycles. The molecular formula is C14H12FNO3S. The molecule has 1 aromatic carbocycles. The number of benzene rings is 1. The maximum atomic E-state index is 13.5. The third-order valence-electron chi connectivity index (χ3n) is 2.87. The van der Waals surface area contributed by atoms with E-state index in [-0.39, 0.29) is 5.69 Å². The third kappa shape index (κ3) is 2.70. The van der Waals surface area contributed by atoms with Crippen LogP contribution < -0.4 is 5.32 Å². The van der Waals surface area contributed by atoms with Gasteiger partial charge in [-0.25, -0.2) is 9.18 Å². The van der Waals surface area contributed by atoms with Gasteiger partial charge in [-0.3, -0.25) is 4.79 Å². The summed E-state index contributed by atoms with van der Waals surface area (Å²) in [5, 5.41) is 11.4. The van der Waals surface area contributed by atoms with Crippen LogP contribution in [0.2, 0.25) is 0 Å². The number of rotatable bonds is 3.